The summed E-state index contributed by atoms with van der Waals surface area (Å²) in [6, 6.07) is 0. The van der Waals surface area contributed by atoms with Crippen molar-refractivity contribution < 1.29 is 4.74 Å². The molecule has 0 aromatic carbocycles. The molecule has 1 aromatic heterocycles. The molecule has 1 fully saturated rings. The first-order valence-electron chi connectivity index (χ1n) is 5.43. The molecule has 84 valence electrons. The molecule has 1 saturated heterocycles. The Morgan fingerprint density at radius 2 is 2.47 bits per heavy atom. The van der Waals surface area contributed by atoms with Crippen LogP contribution in [0.25, 0.3) is 0 Å². The van der Waals surface area contributed by atoms with Crippen LogP contribution in [0.2, 0.25) is 0 Å². The summed E-state index contributed by atoms with van der Waals surface area (Å²) in [5.41, 5.74) is 0. The molecular weight excluding hydrogens is 210 g/mol. The molecular formula is C10H17N3OS. The first-order valence-corrected chi connectivity index (χ1v) is 6.20. The second-order valence-corrected chi connectivity index (χ2v) is 4.96. The van der Waals surface area contributed by atoms with Gasteiger partial charge in [-0.1, -0.05) is 13.8 Å². The number of ether oxygens (including phenoxy) is 1. The number of aromatic nitrogens is 2. The zero-order valence-corrected chi connectivity index (χ0v) is 10.0. The lowest BCUT2D eigenvalue weighted by Crippen LogP contribution is -2.15. The first-order chi connectivity index (χ1) is 7.25. The van der Waals surface area contributed by atoms with E-state index < -0.39 is 0 Å². The van der Waals surface area contributed by atoms with E-state index in [9.17, 15) is 0 Å². The Hall–Kier alpha value is -0.680. The largest absolute Gasteiger partial charge is 0.469 e. The van der Waals surface area contributed by atoms with Crippen molar-refractivity contribution in [2.75, 3.05) is 19.7 Å². The number of hydrogen-bond donors (Lipinski definition) is 1. The smallest absolute Gasteiger partial charge is 0.293 e. The van der Waals surface area contributed by atoms with Crippen LogP contribution in [0.1, 0.15) is 32.0 Å². The third-order valence-corrected chi connectivity index (χ3v) is 3.19. The summed E-state index contributed by atoms with van der Waals surface area (Å²) >= 11 is 1.36. The van der Waals surface area contributed by atoms with Crippen LogP contribution in [0, 0.1) is 5.92 Å². The molecule has 0 aliphatic carbocycles. The van der Waals surface area contributed by atoms with E-state index in [-0.39, 0.29) is 0 Å². The summed E-state index contributed by atoms with van der Waals surface area (Å²) in [5.74, 6) is 1.91. The Bertz CT molecular complexity index is 307. The third-order valence-electron chi connectivity index (χ3n) is 2.54. The molecule has 15 heavy (non-hydrogen) atoms. The molecule has 1 unspecified atom stereocenters. The van der Waals surface area contributed by atoms with Crippen LogP contribution in [0.4, 0.5) is 0 Å². The summed E-state index contributed by atoms with van der Waals surface area (Å²) in [4.78, 5) is 4.34. The fourth-order valence-corrected chi connectivity index (χ4v) is 2.24. The SMILES string of the molecule is CC(C)c1nsc(OCC2CCNC2)n1. The van der Waals surface area contributed by atoms with Gasteiger partial charge in [0.05, 0.1) is 6.61 Å². The van der Waals surface area contributed by atoms with E-state index in [0.717, 1.165) is 25.5 Å². The van der Waals surface area contributed by atoms with E-state index in [0.29, 0.717) is 17.0 Å². The van der Waals surface area contributed by atoms with Crippen molar-refractivity contribution in [3.05, 3.63) is 5.82 Å². The minimum atomic E-state index is 0.381. The van der Waals surface area contributed by atoms with Gasteiger partial charge < -0.3 is 10.1 Å². The third kappa shape index (κ3) is 2.89. The molecule has 0 bridgehead atoms. The van der Waals surface area contributed by atoms with E-state index in [1.165, 1.54) is 18.0 Å². The molecule has 1 aliphatic rings. The van der Waals surface area contributed by atoms with Crippen molar-refractivity contribution in [2.24, 2.45) is 5.92 Å². The highest BCUT2D eigenvalue weighted by atomic mass is 32.1. The molecule has 0 saturated carbocycles. The van der Waals surface area contributed by atoms with Gasteiger partial charge in [-0.25, -0.2) is 0 Å². The molecule has 5 heteroatoms. The van der Waals surface area contributed by atoms with E-state index in [4.69, 9.17) is 4.74 Å². The van der Waals surface area contributed by atoms with Gasteiger partial charge in [0, 0.05) is 29.9 Å². The molecule has 1 aliphatic heterocycles. The van der Waals surface area contributed by atoms with Crippen LogP contribution in [0.5, 0.6) is 5.19 Å². The number of hydrogen-bond acceptors (Lipinski definition) is 5. The van der Waals surface area contributed by atoms with Gasteiger partial charge in [-0.2, -0.15) is 9.36 Å². The van der Waals surface area contributed by atoms with Gasteiger partial charge in [0.2, 0.25) is 0 Å². The first kappa shape index (κ1) is 10.8. The quantitative estimate of drug-likeness (QED) is 0.849. The molecule has 2 heterocycles. The van der Waals surface area contributed by atoms with Gasteiger partial charge in [-0.05, 0) is 13.0 Å². The highest BCUT2D eigenvalue weighted by Crippen LogP contribution is 2.20. The summed E-state index contributed by atoms with van der Waals surface area (Å²) in [6.07, 6.45) is 1.20. The molecule has 1 N–H and O–H groups in total. The van der Waals surface area contributed by atoms with Crippen LogP contribution in [0.3, 0.4) is 0 Å². The van der Waals surface area contributed by atoms with Crippen LogP contribution in [-0.2, 0) is 0 Å². The van der Waals surface area contributed by atoms with Crippen molar-refractivity contribution >= 4 is 11.5 Å². The maximum atomic E-state index is 5.63. The van der Waals surface area contributed by atoms with Crippen LogP contribution in [0.15, 0.2) is 0 Å². The summed E-state index contributed by atoms with van der Waals surface area (Å²) in [5, 5.41) is 4.03. The molecule has 0 amide bonds. The zero-order chi connectivity index (χ0) is 10.7. The highest BCUT2D eigenvalue weighted by molar-refractivity contribution is 7.07. The molecule has 4 nitrogen and oxygen atoms in total. The number of nitrogens with zero attached hydrogens (tertiary/aromatic N) is 2. The van der Waals surface area contributed by atoms with E-state index in [1.807, 2.05) is 0 Å². The summed E-state index contributed by atoms with van der Waals surface area (Å²) in [7, 11) is 0. The van der Waals surface area contributed by atoms with E-state index in [1.54, 1.807) is 0 Å². The van der Waals surface area contributed by atoms with Crippen molar-refractivity contribution in [3.8, 4) is 5.19 Å². The molecule has 1 atom stereocenters. The average Bonchev–Trinajstić information content (AvgIpc) is 2.86. The summed E-state index contributed by atoms with van der Waals surface area (Å²) in [6.45, 7) is 7.12. The predicted octanol–water partition coefficient (Wildman–Crippen LogP) is 1.65. The van der Waals surface area contributed by atoms with Crippen molar-refractivity contribution in [3.63, 3.8) is 0 Å². The lowest BCUT2D eigenvalue weighted by Gasteiger charge is -2.07. The summed E-state index contributed by atoms with van der Waals surface area (Å²) < 4.78 is 9.88. The lowest BCUT2D eigenvalue weighted by atomic mass is 10.1. The van der Waals surface area contributed by atoms with Crippen molar-refractivity contribution in [2.45, 2.75) is 26.2 Å². The predicted molar refractivity (Wildman–Crippen MR) is 60.5 cm³/mol. The second kappa shape index (κ2) is 4.90. The fraction of sp³-hybridized carbons (Fsp3) is 0.800. The van der Waals surface area contributed by atoms with Gasteiger partial charge in [-0.3, -0.25) is 0 Å². The average molecular weight is 227 g/mol. The van der Waals surface area contributed by atoms with Crippen molar-refractivity contribution in [1.29, 1.82) is 0 Å². The van der Waals surface area contributed by atoms with Gasteiger partial charge in [-0.15, -0.1) is 0 Å². The fourth-order valence-electron chi connectivity index (χ4n) is 1.56. The molecule has 0 spiro atoms. The van der Waals surface area contributed by atoms with Crippen LogP contribution in [-0.4, -0.2) is 29.1 Å². The van der Waals surface area contributed by atoms with Crippen LogP contribution < -0.4 is 10.1 Å². The number of rotatable bonds is 4. The lowest BCUT2D eigenvalue weighted by molar-refractivity contribution is 0.258. The molecule has 0 radical (unpaired) electrons. The minimum absolute atomic E-state index is 0.381. The van der Waals surface area contributed by atoms with Gasteiger partial charge >= 0.3 is 0 Å². The maximum absolute atomic E-state index is 5.63. The van der Waals surface area contributed by atoms with Crippen LogP contribution >= 0.6 is 11.5 Å². The van der Waals surface area contributed by atoms with Gasteiger partial charge in [0.25, 0.3) is 5.19 Å². The Balaban J connectivity index is 1.82. The Morgan fingerprint density at radius 1 is 1.60 bits per heavy atom. The topological polar surface area (TPSA) is 47.0 Å². The Labute approximate surface area is 94.2 Å². The maximum Gasteiger partial charge on any atom is 0.293 e. The minimum Gasteiger partial charge on any atom is -0.469 e. The monoisotopic (exact) mass is 227 g/mol. The standard InChI is InChI=1S/C10H17N3OS/c1-7(2)9-12-10(15-13-9)14-6-8-3-4-11-5-8/h7-8,11H,3-6H2,1-2H3. The highest BCUT2D eigenvalue weighted by Gasteiger charge is 2.16. The van der Waals surface area contributed by atoms with E-state index >= 15 is 0 Å². The zero-order valence-electron chi connectivity index (χ0n) is 9.19. The van der Waals surface area contributed by atoms with Gasteiger partial charge in [0.1, 0.15) is 5.82 Å². The van der Waals surface area contributed by atoms with E-state index in [2.05, 4.69) is 28.5 Å². The normalized spacial score (nSPS) is 21.1. The Morgan fingerprint density at radius 3 is 3.07 bits per heavy atom. The Kier molecular flexibility index (Phi) is 3.53. The number of nitrogens with one attached hydrogen (secondary N) is 1. The molecule has 1 aromatic rings. The van der Waals surface area contributed by atoms with Gasteiger partial charge in [0.15, 0.2) is 0 Å². The van der Waals surface area contributed by atoms with Crippen molar-refractivity contribution in [1.82, 2.24) is 14.7 Å². The molecule has 2 rings (SSSR count). The second-order valence-electron chi connectivity index (χ2n) is 4.24.